The Bertz CT molecular complexity index is 56.6. The van der Waals surface area contributed by atoms with Crippen molar-refractivity contribution in [2.45, 2.75) is 19.5 Å². The first-order valence-corrected chi connectivity index (χ1v) is 5.77. The number of hydrogen-bond donors (Lipinski definition) is 0. The minimum absolute atomic E-state index is 0.146. The third kappa shape index (κ3) is 2.94. The van der Waals surface area contributed by atoms with Gasteiger partial charge in [0.2, 0.25) is 0 Å². The zero-order chi connectivity index (χ0) is 5.15. The van der Waals surface area contributed by atoms with E-state index in [0.717, 1.165) is 5.66 Å². The van der Waals surface area contributed by atoms with E-state index in [0.29, 0.717) is 0 Å². The molecule has 0 radical (unpaired) electrons. The van der Waals surface area contributed by atoms with E-state index in [9.17, 15) is 0 Å². The fraction of sp³-hybridized carbons (Fsp3) is 1.00. The first-order valence-electron chi connectivity index (χ1n) is 2.19. The van der Waals surface area contributed by atoms with Crippen LogP contribution < -0.4 is 0 Å². The lowest BCUT2D eigenvalue weighted by Crippen LogP contribution is -1.79. The molecule has 0 N–H and O–H groups in total. The Morgan fingerprint density at radius 1 is 1.50 bits per heavy atom. The van der Waals surface area contributed by atoms with Crippen molar-refractivity contribution < 1.29 is 0 Å². The van der Waals surface area contributed by atoms with E-state index in [1.807, 2.05) is 0 Å². The van der Waals surface area contributed by atoms with Crippen molar-refractivity contribution in [3.63, 3.8) is 0 Å². The van der Waals surface area contributed by atoms with Gasteiger partial charge in [0.25, 0.3) is 0 Å². The van der Waals surface area contributed by atoms with E-state index in [1.165, 1.54) is 0 Å². The summed E-state index contributed by atoms with van der Waals surface area (Å²) < 4.78 is 0. The van der Waals surface area contributed by atoms with Crippen LogP contribution in [-0.2, 0) is 0 Å². The zero-order valence-electron chi connectivity index (χ0n) is 4.58. The van der Waals surface area contributed by atoms with Crippen LogP contribution in [0.2, 0.25) is 0 Å². The van der Waals surface area contributed by atoms with Crippen LogP contribution in [0, 0.1) is 0 Å². The maximum atomic E-state index is 3.58. The molecular formula is C4H12P2. The van der Waals surface area contributed by atoms with E-state index in [4.69, 9.17) is 0 Å². The summed E-state index contributed by atoms with van der Waals surface area (Å²) in [5.74, 6) is 0. The van der Waals surface area contributed by atoms with Gasteiger partial charge in [-0.1, -0.05) is 21.1 Å². The molecule has 0 aliphatic carbocycles. The van der Waals surface area contributed by atoms with E-state index in [2.05, 4.69) is 29.0 Å². The second kappa shape index (κ2) is 2.83. The van der Waals surface area contributed by atoms with Crippen LogP contribution in [-0.4, -0.2) is 12.3 Å². The minimum atomic E-state index is -0.146. The van der Waals surface area contributed by atoms with Gasteiger partial charge in [-0.05, 0) is 12.3 Å². The highest BCUT2D eigenvalue weighted by Crippen LogP contribution is 2.27. The quantitative estimate of drug-likeness (QED) is 0.468. The van der Waals surface area contributed by atoms with Gasteiger partial charge in [-0.3, -0.25) is 0 Å². The SMILES string of the molecule is CC(C)[PH](C)=P. The van der Waals surface area contributed by atoms with Crippen LogP contribution in [0.25, 0.3) is 0 Å². The topological polar surface area (TPSA) is 0 Å². The molecule has 1 atom stereocenters. The van der Waals surface area contributed by atoms with Crippen LogP contribution in [0.3, 0.4) is 0 Å². The van der Waals surface area contributed by atoms with Crippen LogP contribution in [0.15, 0.2) is 0 Å². The fourth-order valence-corrected chi connectivity index (χ4v) is 0. The molecule has 0 nitrogen and oxygen atoms in total. The highest BCUT2D eigenvalue weighted by molar-refractivity contribution is 7.86. The van der Waals surface area contributed by atoms with Crippen molar-refractivity contribution >= 4 is 15.7 Å². The summed E-state index contributed by atoms with van der Waals surface area (Å²) in [6.45, 7) is 6.73. The van der Waals surface area contributed by atoms with Crippen LogP contribution in [0.4, 0.5) is 0 Å². The fourth-order valence-electron chi connectivity index (χ4n) is 0. The third-order valence-electron chi connectivity index (χ3n) is 0.866. The summed E-state index contributed by atoms with van der Waals surface area (Å²) in [6.07, 6.45) is 0. The first kappa shape index (κ1) is 6.73. The lowest BCUT2D eigenvalue weighted by molar-refractivity contribution is 1.11. The van der Waals surface area contributed by atoms with Crippen molar-refractivity contribution in [2.75, 3.05) is 6.66 Å². The molecule has 1 unspecified atom stereocenters. The van der Waals surface area contributed by atoms with Crippen molar-refractivity contribution in [3.8, 4) is 0 Å². The second-order valence-corrected chi connectivity index (χ2v) is 6.72. The van der Waals surface area contributed by atoms with E-state index in [-0.39, 0.29) is 7.21 Å². The van der Waals surface area contributed by atoms with Gasteiger partial charge in [-0.25, -0.2) is 0 Å². The molecule has 0 aromatic rings. The van der Waals surface area contributed by atoms with Gasteiger partial charge in [-0.15, -0.1) is 8.53 Å². The molecule has 0 amide bonds. The molecule has 0 saturated heterocycles. The average Bonchev–Trinajstić information content (AvgIpc) is 1.36. The molecule has 0 bridgehead atoms. The zero-order valence-corrected chi connectivity index (χ0v) is 6.58. The van der Waals surface area contributed by atoms with Crippen LogP contribution in [0.1, 0.15) is 13.8 Å². The van der Waals surface area contributed by atoms with Crippen LogP contribution >= 0.6 is 15.7 Å². The summed E-state index contributed by atoms with van der Waals surface area (Å²) in [7, 11) is 3.44. The van der Waals surface area contributed by atoms with Gasteiger partial charge in [0.05, 0.1) is 0 Å². The predicted molar refractivity (Wildman–Crippen MR) is 37.7 cm³/mol. The molecular weight excluding hydrogens is 110 g/mol. The monoisotopic (exact) mass is 122 g/mol. The Kier molecular flexibility index (Phi) is 3.17. The maximum Gasteiger partial charge on any atom is -0.0261 e. The molecule has 0 spiro atoms. The molecule has 0 fully saturated rings. The van der Waals surface area contributed by atoms with Crippen molar-refractivity contribution in [1.29, 1.82) is 0 Å². The minimum Gasteiger partial charge on any atom is -0.129 e. The summed E-state index contributed by atoms with van der Waals surface area (Å²) in [6, 6.07) is 0. The van der Waals surface area contributed by atoms with Gasteiger partial charge in [-0.2, -0.15) is 0 Å². The van der Waals surface area contributed by atoms with Gasteiger partial charge in [0.1, 0.15) is 0 Å². The Morgan fingerprint density at radius 2 is 1.67 bits per heavy atom. The molecule has 0 aromatic carbocycles. The van der Waals surface area contributed by atoms with Gasteiger partial charge >= 0.3 is 0 Å². The molecule has 2 heteroatoms. The highest BCUT2D eigenvalue weighted by Gasteiger charge is 1.86. The molecule has 6 heavy (non-hydrogen) atoms. The second-order valence-electron chi connectivity index (χ2n) is 1.84. The van der Waals surface area contributed by atoms with E-state index in [1.54, 1.807) is 0 Å². The molecule has 0 rings (SSSR count). The summed E-state index contributed by atoms with van der Waals surface area (Å²) in [4.78, 5) is 0. The Morgan fingerprint density at radius 3 is 1.67 bits per heavy atom. The predicted octanol–water partition coefficient (Wildman–Crippen LogP) is 2.30. The average molecular weight is 122 g/mol. The molecule has 0 aromatic heterocycles. The smallest absolute Gasteiger partial charge is 0.0261 e. The Hall–Kier alpha value is 0.730. The maximum absolute atomic E-state index is 3.58. The third-order valence-corrected chi connectivity index (χ3v) is 4.33. The largest absolute Gasteiger partial charge is 0.129 e. The molecule has 38 valence electrons. The number of rotatable bonds is 1. The van der Waals surface area contributed by atoms with Crippen LogP contribution in [0.5, 0.6) is 0 Å². The summed E-state index contributed by atoms with van der Waals surface area (Å²) in [5.41, 5.74) is 0.867. The van der Waals surface area contributed by atoms with Gasteiger partial charge in [0, 0.05) is 0 Å². The Labute approximate surface area is 42.8 Å². The highest BCUT2D eigenvalue weighted by atomic mass is 31.7. The lowest BCUT2D eigenvalue weighted by atomic mass is 10.6. The summed E-state index contributed by atoms with van der Waals surface area (Å²) in [5, 5.41) is 0. The lowest BCUT2D eigenvalue weighted by Gasteiger charge is -1.98. The molecule has 0 heterocycles. The van der Waals surface area contributed by atoms with Crippen molar-refractivity contribution in [3.05, 3.63) is 0 Å². The molecule has 0 aliphatic rings. The van der Waals surface area contributed by atoms with Gasteiger partial charge < -0.3 is 0 Å². The van der Waals surface area contributed by atoms with E-state index >= 15 is 0 Å². The molecule has 0 saturated carbocycles. The van der Waals surface area contributed by atoms with Crippen molar-refractivity contribution in [1.82, 2.24) is 0 Å². The summed E-state index contributed by atoms with van der Waals surface area (Å²) >= 11 is 0. The molecule has 0 aliphatic heterocycles. The normalized spacial score (nSPS) is 15.3. The standard InChI is InChI=1S/C4H12P2/c1-4(2)6(3)5/h4-6H,1-3H3. The van der Waals surface area contributed by atoms with Gasteiger partial charge in [0.15, 0.2) is 0 Å². The number of hydrogen-bond acceptors (Lipinski definition) is 0. The van der Waals surface area contributed by atoms with E-state index < -0.39 is 0 Å². The first-order chi connectivity index (χ1) is 2.64. The van der Waals surface area contributed by atoms with Crippen molar-refractivity contribution in [2.24, 2.45) is 0 Å². The Balaban J connectivity index is 3.26.